The van der Waals surface area contributed by atoms with Gasteiger partial charge >= 0.3 is 0 Å². The van der Waals surface area contributed by atoms with Gasteiger partial charge in [0.15, 0.2) is 6.29 Å². The first-order valence-corrected chi connectivity index (χ1v) is 20.1. The zero-order valence-electron chi connectivity index (χ0n) is 31.2. The van der Waals surface area contributed by atoms with E-state index in [1.807, 2.05) is 6.08 Å². The van der Waals surface area contributed by atoms with Crippen molar-refractivity contribution in [1.29, 1.82) is 0 Å². The van der Waals surface area contributed by atoms with Crippen molar-refractivity contribution in [3.8, 4) is 0 Å². The first kappa shape index (κ1) is 45.7. The van der Waals surface area contributed by atoms with E-state index in [1.54, 1.807) is 6.08 Å². The summed E-state index contributed by atoms with van der Waals surface area (Å²) in [5.41, 5.74) is 0. The number of amides is 1. The zero-order valence-corrected chi connectivity index (χ0v) is 31.2. The largest absolute Gasteiger partial charge is 0.394 e. The SMILES string of the molecule is CCCC/C=C/CC/C=C/C(O)C(COC1OC(CO)C(O)C(O)C1O)NC(=O)CCCCCCCCCCCCCCCCCCCC. The van der Waals surface area contributed by atoms with Crippen LogP contribution < -0.4 is 5.32 Å². The molecule has 1 aliphatic heterocycles. The molecule has 0 aromatic rings. The number of allylic oxidation sites excluding steroid dienone is 3. The van der Waals surface area contributed by atoms with Crippen molar-refractivity contribution in [3.63, 3.8) is 0 Å². The number of carbonyl (C=O) groups is 1. The van der Waals surface area contributed by atoms with Crippen LogP contribution in [0.5, 0.6) is 0 Å². The molecular weight excluding hydrogens is 622 g/mol. The van der Waals surface area contributed by atoms with Crippen LogP contribution in [0.15, 0.2) is 24.3 Å². The number of hydrogen-bond acceptors (Lipinski definition) is 8. The second-order valence-corrected chi connectivity index (χ2v) is 14.1. The molecule has 1 saturated heterocycles. The van der Waals surface area contributed by atoms with Gasteiger partial charge in [-0.1, -0.05) is 160 Å². The third kappa shape index (κ3) is 23.0. The molecule has 0 spiro atoms. The number of aliphatic hydroxyl groups is 5. The standard InChI is InChI=1S/C40H75NO8/c1-3-5-7-9-11-13-14-15-16-17-18-19-20-21-22-24-26-28-30-36(44)41-33(34(43)29-27-25-23-12-10-8-6-4-2)32-48-40-39(47)38(46)37(45)35(31-42)49-40/h10,12,27,29,33-35,37-40,42-43,45-47H,3-9,11,13-26,28,30-32H2,1-2H3,(H,41,44)/b12-10+,29-27+. The lowest BCUT2D eigenvalue weighted by Gasteiger charge is -2.40. The summed E-state index contributed by atoms with van der Waals surface area (Å²) in [5.74, 6) is -0.190. The van der Waals surface area contributed by atoms with Gasteiger partial charge in [0, 0.05) is 6.42 Å². The lowest BCUT2D eigenvalue weighted by molar-refractivity contribution is -0.302. The first-order valence-electron chi connectivity index (χ1n) is 20.1. The third-order valence-corrected chi connectivity index (χ3v) is 9.53. The molecule has 1 amide bonds. The third-order valence-electron chi connectivity index (χ3n) is 9.53. The first-order chi connectivity index (χ1) is 23.8. The Balaban J connectivity index is 2.34. The molecule has 0 bridgehead atoms. The molecule has 9 nitrogen and oxygen atoms in total. The monoisotopic (exact) mass is 698 g/mol. The van der Waals surface area contributed by atoms with E-state index in [0.29, 0.717) is 6.42 Å². The minimum atomic E-state index is -1.57. The fourth-order valence-corrected chi connectivity index (χ4v) is 6.22. The molecule has 1 aliphatic rings. The fourth-order valence-electron chi connectivity index (χ4n) is 6.22. The molecule has 9 heteroatoms. The molecule has 0 aliphatic carbocycles. The normalized spacial score (nSPS) is 22.6. The van der Waals surface area contributed by atoms with Crippen LogP contribution in [0.4, 0.5) is 0 Å². The summed E-state index contributed by atoms with van der Waals surface area (Å²) in [4.78, 5) is 12.8. The topological polar surface area (TPSA) is 149 Å². The van der Waals surface area contributed by atoms with E-state index < -0.39 is 49.5 Å². The van der Waals surface area contributed by atoms with Crippen LogP contribution in [0.2, 0.25) is 0 Å². The molecule has 1 fully saturated rings. The van der Waals surface area contributed by atoms with Gasteiger partial charge in [-0.3, -0.25) is 4.79 Å². The number of nitrogens with one attached hydrogen (secondary N) is 1. The van der Waals surface area contributed by atoms with Crippen LogP contribution in [0.3, 0.4) is 0 Å². The Hall–Kier alpha value is -1.33. The van der Waals surface area contributed by atoms with Gasteiger partial charge in [0.05, 0.1) is 25.4 Å². The van der Waals surface area contributed by atoms with Crippen molar-refractivity contribution < 1.29 is 39.8 Å². The summed E-state index contributed by atoms with van der Waals surface area (Å²) in [6.45, 7) is 3.67. The van der Waals surface area contributed by atoms with Gasteiger partial charge in [-0.2, -0.15) is 0 Å². The van der Waals surface area contributed by atoms with Crippen molar-refractivity contribution in [1.82, 2.24) is 5.32 Å². The van der Waals surface area contributed by atoms with E-state index in [-0.39, 0.29) is 12.5 Å². The van der Waals surface area contributed by atoms with Gasteiger partial charge in [0.1, 0.15) is 24.4 Å². The Morgan fingerprint density at radius 3 is 1.69 bits per heavy atom. The lowest BCUT2D eigenvalue weighted by atomic mass is 9.99. The van der Waals surface area contributed by atoms with Gasteiger partial charge < -0.3 is 40.3 Å². The van der Waals surface area contributed by atoms with Crippen molar-refractivity contribution in [2.45, 2.75) is 211 Å². The Bertz CT molecular complexity index is 822. The molecular formula is C40H75NO8. The van der Waals surface area contributed by atoms with Crippen molar-refractivity contribution in [2.24, 2.45) is 0 Å². The van der Waals surface area contributed by atoms with Gasteiger partial charge in [0.25, 0.3) is 0 Å². The number of hydrogen-bond donors (Lipinski definition) is 6. The predicted molar refractivity (Wildman–Crippen MR) is 198 cm³/mol. The van der Waals surface area contributed by atoms with Gasteiger partial charge in [-0.15, -0.1) is 0 Å². The summed E-state index contributed by atoms with van der Waals surface area (Å²) in [5, 5.41) is 53.7. The summed E-state index contributed by atoms with van der Waals surface area (Å²) in [7, 11) is 0. The zero-order chi connectivity index (χ0) is 36.0. The lowest BCUT2D eigenvalue weighted by Crippen LogP contribution is -2.60. The summed E-state index contributed by atoms with van der Waals surface area (Å²) in [6, 6.07) is -0.813. The fraction of sp³-hybridized carbons (Fsp3) is 0.875. The number of carbonyl (C=O) groups excluding carboxylic acids is 1. The Morgan fingerprint density at radius 1 is 0.673 bits per heavy atom. The maximum atomic E-state index is 12.8. The smallest absolute Gasteiger partial charge is 0.220 e. The van der Waals surface area contributed by atoms with E-state index in [9.17, 15) is 30.3 Å². The van der Waals surface area contributed by atoms with E-state index in [0.717, 1.165) is 44.9 Å². The summed E-state index contributed by atoms with van der Waals surface area (Å²) in [6.07, 6.45) is 28.1. The second kappa shape index (κ2) is 31.4. The second-order valence-electron chi connectivity index (χ2n) is 14.1. The predicted octanol–water partition coefficient (Wildman–Crippen LogP) is 7.16. The summed E-state index contributed by atoms with van der Waals surface area (Å²) < 4.78 is 11.1. The van der Waals surface area contributed by atoms with Crippen molar-refractivity contribution in [3.05, 3.63) is 24.3 Å². The van der Waals surface area contributed by atoms with Gasteiger partial charge in [-0.05, 0) is 25.7 Å². The minimum absolute atomic E-state index is 0.190. The molecule has 0 saturated carbocycles. The highest BCUT2D eigenvalue weighted by Crippen LogP contribution is 2.22. The van der Waals surface area contributed by atoms with E-state index in [2.05, 4.69) is 31.3 Å². The molecule has 6 N–H and O–H groups in total. The number of aliphatic hydroxyl groups excluding tert-OH is 5. The molecule has 0 aromatic heterocycles. The highest BCUT2D eigenvalue weighted by Gasteiger charge is 2.44. The van der Waals surface area contributed by atoms with Crippen LogP contribution in [0.1, 0.15) is 168 Å². The van der Waals surface area contributed by atoms with Crippen molar-refractivity contribution in [2.75, 3.05) is 13.2 Å². The molecule has 1 heterocycles. The van der Waals surface area contributed by atoms with Crippen LogP contribution in [-0.2, 0) is 14.3 Å². The number of unbranched alkanes of at least 4 members (excludes halogenated alkanes) is 20. The average Bonchev–Trinajstić information content (AvgIpc) is 3.10. The molecule has 7 unspecified atom stereocenters. The minimum Gasteiger partial charge on any atom is -0.394 e. The average molecular weight is 698 g/mol. The Labute approximate surface area is 298 Å². The van der Waals surface area contributed by atoms with E-state index >= 15 is 0 Å². The maximum absolute atomic E-state index is 12.8. The van der Waals surface area contributed by atoms with Crippen LogP contribution >= 0.6 is 0 Å². The molecule has 0 radical (unpaired) electrons. The molecule has 288 valence electrons. The molecule has 1 rings (SSSR count). The van der Waals surface area contributed by atoms with Crippen molar-refractivity contribution >= 4 is 5.91 Å². The highest BCUT2D eigenvalue weighted by atomic mass is 16.7. The maximum Gasteiger partial charge on any atom is 0.220 e. The molecule has 7 atom stereocenters. The van der Waals surface area contributed by atoms with E-state index in [4.69, 9.17) is 9.47 Å². The Morgan fingerprint density at radius 2 is 1.16 bits per heavy atom. The van der Waals surface area contributed by atoms with Crippen LogP contribution in [0.25, 0.3) is 0 Å². The molecule has 49 heavy (non-hydrogen) atoms. The van der Waals surface area contributed by atoms with Crippen LogP contribution in [-0.4, -0.2) is 87.5 Å². The molecule has 0 aromatic carbocycles. The highest BCUT2D eigenvalue weighted by molar-refractivity contribution is 5.76. The van der Waals surface area contributed by atoms with E-state index in [1.165, 1.54) is 103 Å². The number of ether oxygens (including phenoxy) is 2. The Kier molecular flexibility index (Phi) is 29.3. The summed E-state index contributed by atoms with van der Waals surface area (Å²) >= 11 is 0. The quantitative estimate of drug-likeness (QED) is 0.0320. The van der Waals surface area contributed by atoms with Gasteiger partial charge in [-0.25, -0.2) is 0 Å². The van der Waals surface area contributed by atoms with Crippen LogP contribution in [0, 0.1) is 0 Å². The number of rotatable bonds is 32. The van der Waals surface area contributed by atoms with Gasteiger partial charge in [0.2, 0.25) is 5.91 Å².